The van der Waals surface area contributed by atoms with E-state index in [2.05, 4.69) is 36.5 Å². The van der Waals surface area contributed by atoms with E-state index in [0.717, 1.165) is 24.0 Å². The van der Waals surface area contributed by atoms with Crippen LogP contribution in [0.4, 0.5) is 0 Å². The molecular formula is C26H34N2O2. The zero-order chi connectivity index (χ0) is 21.3. The minimum atomic E-state index is -0.488. The lowest BCUT2D eigenvalue weighted by molar-refractivity contribution is -0.141. The number of amides is 2. The lowest BCUT2D eigenvalue weighted by Gasteiger charge is -2.31. The fourth-order valence-corrected chi connectivity index (χ4v) is 4.08. The molecule has 0 spiro atoms. The van der Waals surface area contributed by atoms with Gasteiger partial charge in [-0.1, -0.05) is 79.4 Å². The second-order valence-electron chi connectivity index (χ2n) is 8.51. The largest absolute Gasteiger partial charge is 0.352 e. The third-order valence-electron chi connectivity index (χ3n) is 6.06. The van der Waals surface area contributed by atoms with E-state index in [1.807, 2.05) is 37.3 Å². The van der Waals surface area contributed by atoms with E-state index in [9.17, 15) is 9.59 Å². The molecule has 4 nitrogen and oxygen atoms in total. The highest BCUT2D eigenvalue weighted by Crippen LogP contribution is 2.19. The van der Waals surface area contributed by atoms with Crippen molar-refractivity contribution in [2.45, 2.75) is 77.4 Å². The number of benzene rings is 2. The van der Waals surface area contributed by atoms with Gasteiger partial charge in [0.2, 0.25) is 11.8 Å². The van der Waals surface area contributed by atoms with Gasteiger partial charge in [-0.25, -0.2) is 0 Å². The van der Waals surface area contributed by atoms with E-state index < -0.39 is 6.04 Å². The first-order chi connectivity index (χ1) is 14.5. The second-order valence-corrected chi connectivity index (χ2v) is 8.51. The molecule has 1 aliphatic rings. The molecule has 3 rings (SSSR count). The number of hydrogen-bond acceptors (Lipinski definition) is 2. The Morgan fingerprint density at radius 1 is 0.967 bits per heavy atom. The Balaban J connectivity index is 1.67. The monoisotopic (exact) mass is 406 g/mol. The highest BCUT2D eigenvalue weighted by atomic mass is 16.2. The molecule has 1 saturated carbocycles. The van der Waals surface area contributed by atoms with Gasteiger partial charge in [-0.15, -0.1) is 0 Å². The van der Waals surface area contributed by atoms with E-state index in [-0.39, 0.29) is 17.9 Å². The minimum Gasteiger partial charge on any atom is -0.352 e. The normalized spacial score (nSPS) is 15.4. The fraction of sp³-hybridized carbons (Fsp3) is 0.462. The van der Waals surface area contributed by atoms with E-state index >= 15 is 0 Å². The first kappa shape index (κ1) is 22.1. The van der Waals surface area contributed by atoms with Crippen LogP contribution in [0.5, 0.6) is 0 Å². The molecule has 0 aromatic heterocycles. The minimum absolute atomic E-state index is 0.0192. The molecule has 0 heterocycles. The molecular weight excluding hydrogens is 372 g/mol. The lowest BCUT2D eigenvalue weighted by atomic mass is 9.95. The number of carbonyl (C=O) groups is 2. The SMILES string of the molecule is Cc1ccc(CCC(=O)N(Cc2ccccc2)[C@H](C)C(=O)NC2CCCCC2)cc1. The summed E-state index contributed by atoms with van der Waals surface area (Å²) < 4.78 is 0. The van der Waals surface area contributed by atoms with Crippen molar-refractivity contribution in [1.82, 2.24) is 10.2 Å². The Kier molecular flexibility index (Phi) is 8.06. The molecule has 2 aromatic rings. The number of carbonyl (C=O) groups excluding carboxylic acids is 2. The smallest absolute Gasteiger partial charge is 0.242 e. The second kappa shape index (κ2) is 11.0. The van der Waals surface area contributed by atoms with Crippen molar-refractivity contribution >= 4 is 11.8 Å². The molecule has 0 saturated heterocycles. The quantitative estimate of drug-likeness (QED) is 0.685. The molecule has 1 aliphatic carbocycles. The molecule has 160 valence electrons. The summed E-state index contributed by atoms with van der Waals surface area (Å²) in [4.78, 5) is 27.9. The standard InChI is InChI=1S/C26H34N2O2/c1-20-13-15-22(16-14-20)17-18-25(29)28(19-23-9-5-3-6-10-23)21(2)26(30)27-24-11-7-4-8-12-24/h3,5-6,9-10,13-16,21,24H,4,7-8,11-12,17-19H2,1-2H3,(H,27,30)/t21-/m1/s1. The number of rotatable bonds is 8. The van der Waals surface area contributed by atoms with Crippen LogP contribution in [-0.2, 0) is 22.6 Å². The maximum Gasteiger partial charge on any atom is 0.242 e. The lowest BCUT2D eigenvalue weighted by Crippen LogP contribution is -2.50. The van der Waals surface area contributed by atoms with Crippen LogP contribution >= 0.6 is 0 Å². The molecule has 30 heavy (non-hydrogen) atoms. The highest BCUT2D eigenvalue weighted by Gasteiger charge is 2.27. The maximum absolute atomic E-state index is 13.2. The zero-order valence-corrected chi connectivity index (χ0v) is 18.3. The Morgan fingerprint density at radius 2 is 1.63 bits per heavy atom. The summed E-state index contributed by atoms with van der Waals surface area (Å²) in [6, 6.07) is 18.0. The van der Waals surface area contributed by atoms with Crippen molar-refractivity contribution in [1.29, 1.82) is 0 Å². The first-order valence-corrected chi connectivity index (χ1v) is 11.2. The number of nitrogens with one attached hydrogen (secondary N) is 1. The van der Waals surface area contributed by atoms with Crippen molar-refractivity contribution in [2.24, 2.45) is 0 Å². The predicted molar refractivity (Wildman–Crippen MR) is 121 cm³/mol. The van der Waals surface area contributed by atoms with Crippen LogP contribution in [0.1, 0.15) is 62.1 Å². The van der Waals surface area contributed by atoms with Gasteiger partial charge in [-0.2, -0.15) is 0 Å². The van der Waals surface area contributed by atoms with Gasteiger partial charge in [-0.3, -0.25) is 9.59 Å². The van der Waals surface area contributed by atoms with Gasteiger partial charge < -0.3 is 10.2 Å². The molecule has 0 aliphatic heterocycles. The van der Waals surface area contributed by atoms with Gasteiger partial charge in [0, 0.05) is 19.0 Å². The van der Waals surface area contributed by atoms with Crippen LogP contribution < -0.4 is 5.32 Å². The average molecular weight is 407 g/mol. The Labute approximate surface area is 180 Å². The van der Waals surface area contributed by atoms with E-state index in [0.29, 0.717) is 19.4 Å². The first-order valence-electron chi connectivity index (χ1n) is 11.2. The molecule has 2 amide bonds. The summed E-state index contributed by atoms with van der Waals surface area (Å²) in [6.45, 7) is 4.36. The van der Waals surface area contributed by atoms with Crippen LogP contribution in [0, 0.1) is 6.92 Å². The average Bonchev–Trinajstić information content (AvgIpc) is 2.78. The van der Waals surface area contributed by atoms with Crippen LogP contribution in [0.3, 0.4) is 0 Å². The van der Waals surface area contributed by atoms with Gasteiger partial charge in [0.1, 0.15) is 6.04 Å². The highest BCUT2D eigenvalue weighted by molar-refractivity contribution is 5.87. The molecule has 0 radical (unpaired) electrons. The summed E-state index contributed by atoms with van der Waals surface area (Å²) in [5.74, 6) is -0.0211. The van der Waals surface area contributed by atoms with Crippen LogP contribution in [-0.4, -0.2) is 28.8 Å². The summed E-state index contributed by atoms with van der Waals surface area (Å²) in [6.07, 6.45) is 6.75. The fourth-order valence-electron chi connectivity index (χ4n) is 4.08. The summed E-state index contributed by atoms with van der Waals surface area (Å²) in [5, 5.41) is 3.19. The molecule has 2 aromatic carbocycles. The van der Waals surface area contributed by atoms with Crippen molar-refractivity contribution in [3.05, 3.63) is 71.3 Å². The Hall–Kier alpha value is -2.62. The predicted octanol–water partition coefficient (Wildman–Crippen LogP) is 4.79. The van der Waals surface area contributed by atoms with Gasteiger partial charge in [0.05, 0.1) is 0 Å². The van der Waals surface area contributed by atoms with Gasteiger partial charge in [0.15, 0.2) is 0 Å². The third kappa shape index (κ3) is 6.45. The molecule has 4 heteroatoms. The van der Waals surface area contributed by atoms with E-state index in [1.165, 1.54) is 24.8 Å². The third-order valence-corrected chi connectivity index (χ3v) is 6.06. The van der Waals surface area contributed by atoms with Crippen molar-refractivity contribution in [2.75, 3.05) is 0 Å². The number of hydrogen-bond donors (Lipinski definition) is 1. The summed E-state index contributed by atoms with van der Waals surface area (Å²) in [5.41, 5.74) is 3.40. The summed E-state index contributed by atoms with van der Waals surface area (Å²) >= 11 is 0. The van der Waals surface area contributed by atoms with Gasteiger partial charge >= 0.3 is 0 Å². The molecule has 1 N–H and O–H groups in total. The maximum atomic E-state index is 13.2. The number of aryl methyl sites for hydroxylation is 2. The van der Waals surface area contributed by atoms with Crippen LogP contribution in [0.15, 0.2) is 54.6 Å². The number of nitrogens with zero attached hydrogens (tertiary/aromatic N) is 1. The van der Waals surface area contributed by atoms with Crippen LogP contribution in [0.2, 0.25) is 0 Å². The molecule has 0 unspecified atom stereocenters. The topological polar surface area (TPSA) is 49.4 Å². The molecule has 1 atom stereocenters. The molecule has 0 bridgehead atoms. The van der Waals surface area contributed by atoms with Crippen LogP contribution in [0.25, 0.3) is 0 Å². The van der Waals surface area contributed by atoms with Crippen molar-refractivity contribution < 1.29 is 9.59 Å². The summed E-state index contributed by atoms with van der Waals surface area (Å²) in [7, 11) is 0. The van der Waals surface area contributed by atoms with Gasteiger partial charge in [-0.05, 0) is 44.2 Å². The molecule has 1 fully saturated rings. The Morgan fingerprint density at radius 3 is 2.30 bits per heavy atom. The van der Waals surface area contributed by atoms with Gasteiger partial charge in [0.25, 0.3) is 0 Å². The Bertz CT molecular complexity index is 811. The zero-order valence-electron chi connectivity index (χ0n) is 18.3. The van der Waals surface area contributed by atoms with E-state index in [4.69, 9.17) is 0 Å². The van der Waals surface area contributed by atoms with E-state index in [1.54, 1.807) is 4.90 Å². The van der Waals surface area contributed by atoms with Crippen molar-refractivity contribution in [3.8, 4) is 0 Å². The van der Waals surface area contributed by atoms with Crippen molar-refractivity contribution in [3.63, 3.8) is 0 Å².